The van der Waals surface area contributed by atoms with E-state index in [4.69, 9.17) is 37.3 Å². The molecule has 0 bridgehead atoms. The van der Waals surface area contributed by atoms with Crippen LogP contribution >= 0.6 is 0 Å². The molecule has 12 heteroatoms. The summed E-state index contributed by atoms with van der Waals surface area (Å²) in [5.41, 5.74) is 4.98. The van der Waals surface area contributed by atoms with E-state index < -0.39 is 20.5 Å². The van der Waals surface area contributed by atoms with Crippen molar-refractivity contribution in [3.63, 3.8) is 0 Å². The van der Waals surface area contributed by atoms with Crippen LogP contribution in [0.5, 0.6) is 0 Å². The molecule has 0 atom stereocenters. The van der Waals surface area contributed by atoms with Crippen LogP contribution in [0.2, 0.25) is 0 Å². The summed E-state index contributed by atoms with van der Waals surface area (Å²) < 4.78 is 67.9. The first-order chi connectivity index (χ1) is 7.93. The number of aromatic nitrogens is 1. The first-order valence-electron chi connectivity index (χ1n) is 3.91. The maximum atomic E-state index is 8.49. The number of quaternary nitrogens is 1. The Morgan fingerprint density at radius 2 is 1.33 bits per heavy atom. The number of rotatable bonds is 1. The van der Waals surface area contributed by atoms with Crippen LogP contribution in [0.4, 0.5) is 0 Å². The molecule has 1 aromatic rings. The van der Waals surface area contributed by atoms with E-state index >= 15 is 0 Å². The van der Waals surface area contributed by atoms with E-state index in [2.05, 4.69) is 10.7 Å². The van der Waals surface area contributed by atoms with Gasteiger partial charge in [-0.2, -0.15) is 0 Å². The van der Waals surface area contributed by atoms with E-state index in [1.165, 1.54) is 5.56 Å². The zero-order valence-electron chi connectivity index (χ0n) is 8.75. The Hall–Kier alpha value is -0.630. The Labute approximate surface area is 106 Å². The number of aromatic amines is 1. The van der Waals surface area contributed by atoms with E-state index in [-0.39, 0.29) is 0 Å². The highest BCUT2D eigenvalue weighted by molar-refractivity contribution is 5.02. The van der Waals surface area contributed by atoms with Gasteiger partial charge in [0.25, 0.3) is 0 Å². The van der Waals surface area contributed by atoms with Gasteiger partial charge in [0, 0.05) is 6.07 Å². The van der Waals surface area contributed by atoms with E-state index in [0.29, 0.717) is 0 Å². The number of hydrogen-bond donors (Lipinski definition) is 1. The van der Waals surface area contributed by atoms with Gasteiger partial charge >= 0.3 is 0 Å². The normalized spacial score (nSPS) is 10.7. The molecule has 0 saturated carbocycles. The average Bonchev–Trinajstić information content (AvgIpc) is 2.14. The van der Waals surface area contributed by atoms with Crippen LogP contribution in [-0.4, -0.2) is 0 Å². The van der Waals surface area contributed by atoms with Crippen molar-refractivity contribution >= 4 is 0 Å². The molecule has 1 rings (SSSR count). The lowest BCUT2D eigenvalue weighted by molar-refractivity contribution is -2.00. The fourth-order valence-corrected chi connectivity index (χ4v) is 0.586. The minimum atomic E-state index is -4.94. The minimum Gasteiger partial charge on any atom is -0.354 e. The van der Waals surface area contributed by atoms with Gasteiger partial charge in [-0.15, -0.1) is 20.5 Å². The number of hydrogen-bond acceptors (Lipinski definition) is 8. The second kappa shape index (κ2) is 9.32. The summed E-state index contributed by atoms with van der Waals surface area (Å²) in [6.07, 6.45) is 3.84. The molecule has 0 amide bonds. The third-order valence-corrected chi connectivity index (χ3v) is 1.06. The molecule has 0 fully saturated rings. The molecule has 0 aliphatic rings. The summed E-state index contributed by atoms with van der Waals surface area (Å²) in [6.45, 7) is 0.858. The maximum Gasteiger partial charge on any atom is 0.175 e. The number of pyridine rings is 1. The first-order valence-corrected chi connectivity index (χ1v) is 6.38. The molecule has 0 aliphatic heterocycles. The standard InChI is InChI=1S/C6H8N2.2ClHO4/c7-4-6-2-1-3-8-5-6;2*2-1(3,4)5/h1-3,5H,4,7H2;2*(H,2,3,4,5). The molecule has 0 unspecified atom stereocenters. The van der Waals surface area contributed by atoms with Gasteiger partial charge in [0.1, 0.15) is 6.54 Å². The molecule has 1 aromatic heterocycles. The van der Waals surface area contributed by atoms with Crippen LogP contribution in [-0.2, 0) is 6.54 Å². The van der Waals surface area contributed by atoms with E-state index in [1.54, 1.807) is 0 Å². The zero-order chi connectivity index (χ0) is 14.8. The lowest BCUT2D eigenvalue weighted by Crippen LogP contribution is -2.68. The van der Waals surface area contributed by atoms with Gasteiger partial charge < -0.3 is 5.73 Å². The molecule has 0 radical (unpaired) electrons. The molecule has 0 saturated heterocycles. The van der Waals surface area contributed by atoms with Crippen molar-refractivity contribution in [1.82, 2.24) is 0 Å². The van der Waals surface area contributed by atoms with Gasteiger partial charge in [-0.05, 0) is 6.07 Å². The highest BCUT2D eigenvalue weighted by atomic mass is 35.7. The molecule has 18 heavy (non-hydrogen) atoms. The van der Waals surface area contributed by atoms with Crippen LogP contribution in [0.3, 0.4) is 0 Å². The third kappa shape index (κ3) is 36.1. The van der Waals surface area contributed by atoms with Gasteiger partial charge in [0.15, 0.2) is 12.4 Å². The largest absolute Gasteiger partial charge is 0.354 e. The van der Waals surface area contributed by atoms with Crippen molar-refractivity contribution in [2.45, 2.75) is 6.54 Å². The minimum absolute atomic E-state index is 0.858. The molecular weight excluding hydrogens is 299 g/mol. The average molecular weight is 309 g/mol. The summed E-state index contributed by atoms with van der Waals surface area (Å²) >= 11 is 0. The molecule has 0 aromatic carbocycles. The fourth-order valence-electron chi connectivity index (χ4n) is 0.586. The van der Waals surface area contributed by atoms with Crippen LogP contribution < -0.4 is 48.0 Å². The topological polar surface area (TPSA) is 226 Å². The van der Waals surface area contributed by atoms with E-state index in [9.17, 15) is 0 Å². The van der Waals surface area contributed by atoms with Crippen molar-refractivity contribution in [3.05, 3.63) is 30.1 Å². The lowest BCUT2D eigenvalue weighted by atomic mass is 10.3. The Morgan fingerprint density at radius 3 is 1.50 bits per heavy atom. The predicted molar refractivity (Wildman–Crippen MR) is 29.6 cm³/mol. The number of nitrogens with one attached hydrogen (secondary N) is 1. The van der Waals surface area contributed by atoms with Gasteiger partial charge in [-0.1, -0.05) is 0 Å². The van der Waals surface area contributed by atoms with Gasteiger partial charge in [-0.3, -0.25) is 0 Å². The maximum absolute atomic E-state index is 8.49. The summed E-state index contributed by atoms with van der Waals surface area (Å²) in [4.78, 5) is 2.97. The fraction of sp³-hybridized carbons (Fsp3) is 0.167. The summed E-state index contributed by atoms with van der Waals surface area (Å²) in [6, 6.07) is 4.02. The number of H-pyrrole nitrogens is 1. The molecule has 0 spiro atoms. The second-order valence-electron chi connectivity index (χ2n) is 2.42. The lowest BCUT2D eigenvalue weighted by Gasteiger charge is -2.17. The molecule has 10 nitrogen and oxygen atoms in total. The van der Waals surface area contributed by atoms with Crippen molar-refractivity contribution in [3.8, 4) is 0 Å². The molecule has 1 heterocycles. The molecule has 0 aliphatic carbocycles. The van der Waals surface area contributed by atoms with Crippen molar-refractivity contribution in [2.75, 3.05) is 0 Å². The van der Waals surface area contributed by atoms with Crippen LogP contribution in [0.25, 0.3) is 0 Å². The summed E-state index contributed by atoms with van der Waals surface area (Å²) in [5.74, 6) is 0. The predicted octanol–water partition coefficient (Wildman–Crippen LogP) is -10.3. The summed E-state index contributed by atoms with van der Waals surface area (Å²) in [7, 11) is -9.89. The Bertz CT molecular complexity index is 277. The number of halogens is 2. The molecule has 4 N–H and O–H groups in total. The van der Waals surface area contributed by atoms with Crippen molar-refractivity contribution in [1.29, 1.82) is 0 Å². The quantitative estimate of drug-likeness (QED) is 0.522. The SMILES string of the molecule is [NH3+]Cc1ccc[nH+]c1.[O-][Cl+3]([O-])([O-])[O-].[O-][Cl+3]([O-])([O-])[O-]. The van der Waals surface area contributed by atoms with Crippen molar-refractivity contribution in [2.24, 2.45) is 0 Å². The van der Waals surface area contributed by atoms with E-state index in [0.717, 1.165) is 6.54 Å². The Balaban J connectivity index is 0. The first kappa shape index (κ1) is 19.7. The Morgan fingerprint density at radius 1 is 0.944 bits per heavy atom. The monoisotopic (exact) mass is 308 g/mol. The molecule has 106 valence electrons. The Kier molecular flexibility index (Phi) is 10.2. The second-order valence-corrected chi connectivity index (χ2v) is 3.93. The smallest absolute Gasteiger partial charge is 0.175 e. The molecular formula is C6H10Cl2N2O8. The zero-order valence-corrected chi connectivity index (χ0v) is 10.3. The van der Waals surface area contributed by atoms with Gasteiger partial charge in [0.05, 0.1) is 5.56 Å². The third-order valence-electron chi connectivity index (χ3n) is 1.06. The highest BCUT2D eigenvalue weighted by Gasteiger charge is 1.89. The van der Waals surface area contributed by atoms with Gasteiger partial charge in [-0.25, -0.2) is 42.3 Å². The van der Waals surface area contributed by atoms with Crippen LogP contribution in [0.1, 0.15) is 5.56 Å². The van der Waals surface area contributed by atoms with Crippen LogP contribution in [0, 0.1) is 20.5 Å². The van der Waals surface area contributed by atoms with Crippen LogP contribution in [0.15, 0.2) is 24.5 Å². The van der Waals surface area contributed by atoms with E-state index in [1.807, 2.05) is 24.5 Å². The van der Waals surface area contributed by atoms with Gasteiger partial charge in [0.2, 0.25) is 0 Å². The highest BCUT2D eigenvalue weighted by Crippen LogP contribution is 1.86. The van der Waals surface area contributed by atoms with Crippen molar-refractivity contribution < 1.29 is 68.5 Å². The summed E-state index contributed by atoms with van der Waals surface area (Å²) in [5, 5.41) is 0.